The van der Waals surface area contributed by atoms with E-state index in [4.69, 9.17) is 9.47 Å². The van der Waals surface area contributed by atoms with Crippen molar-refractivity contribution in [1.82, 2.24) is 4.98 Å². The van der Waals surface area contributed by atoms with Crippen LogP contribution in [0.1, 0.15) is 6.42 Å². The topological polar surface area (TPSA) is 60.5 Å². The molecular formula is C20H19FN2O3S2. The summed E-state index contributed by atoms with van der Waals surface area (Å²) >= 11 is 2.86. The molecule has 28 heavy (non-hydrogen) atoms. The summed E-state index contributed by atoms with van der Waals surface area (Å²) in [6.45, 7) is 0. The molecule has 0 saturated heterocycles. The zero-order chi connectivity index (χ0) is 19.9. The smallest absolute Gasteiger partial charge is 0.226 e. The van der Waals surface area contributed by atoms with E-state index in [0.717, 1.165) is 16.2 Å². The first-order chi connectivity index (χ1) is 13.6. The van der Waals surface area contributed by atoms with E-state index in [1.54, 1.807) is 32.4 Å². The van der Waals surface area contributed by atoms with Crippen molar-refractivity contribution < 1.29 is 18.7 Å². The number of thioether (sulfide) groups is 1. The Hall–Kier alpha value is -2.58. The molecule has 0 atom stereocenters. The Labute approximate surface area is 170 Å². The number of hydrogen-bond acceptors (Lipinski definition) is 6. The number of hydrogen-bond donors (Lipinski definition) is 1. The monoisotopic (exact) mass is 418 g/mol. The summed E-state index contributed by atoms with van der Waals surface area (Å²) in [7, 11) is 3.19. The van der Waals surface area contributed by atoms with Crippen molar-refractivity contribution in [3.05, 3.63) is 53.7 Å². The summed E-state index contributed by atoms with van der Waals surface area (Å²) in [5.74, 6) is 1.57. The highest BCUT2D eigenvalue weighted by Gasteiger charge is 2.13. The van der Waals surface area contributed by atoms with Gasteiger partial charge >= 0.3 is 0 Å². The number of benzene rings is 2. The van der Waals surface area contributed by atoms with Crippen LogP contribution < -0.4 is 14.8 Å². The quantitative estimate of drug-likeness (QED) is 0.517. The number of aromatic nitrogens is 1. The highest BCUT2D eigenvalue weighted by molar-refractivity contribution is 7.99. The van der Waals surface area contributed by atoms with Crippen molar-refractivity contribution in [3.63, 3.8) is 0 Å². The molecule has 0 aliphatic heterocycles. The van der Waals surface area contributed by atoms with Crippen molar-refractivity contribution in [2.24, 2.45) is 0 Å². The third kappa shape index (κ3) is 5.24. The third-order valence-electron chi connectivity index (χ3n) is 3.85. The number of halogens is 1. The lowest BCUT2D eigenvalue weighted by Crippen LogP contribution is -2.11. The van der Waals surface area contributed by atoms with Crippen LogP contribution >= 0.6 is 23.1 Å². The zero-order valence-corrected chi connectivity index (χ0v) is 17.0. The lowest BCUT2D eigenvalue weighted by Gasteiger charge is -2.08. The van der Waals surface area contributed by atoms with Crippen molar-refractivity contribution in [2.45, 2.75) is 11.3 Å². The highest BCUT2D eigenvalue weighted by Crippen LogP contribution is 2.34. The van der Waals surface area contributed by atoms with Gasteiger partial charge in [-0.1, -0.05) is 0 Å². The van der Waals surface area contributed by atoms with Gasteiger partial charge in [0.1, 0.15) is 17.3 Å². The predicted molar refractivity (Wildman–Crippen MR) is 111 cm³/mol. The van der Waals surface area contributed by atoms with Gasteiger partial charge < -0.3 is 14.8 Å². The van der Waals surface area contributed by atoms with Crippen LogP contribution in [0.3, 0.4) is 0 Å². The van der Waals surface area contributed by atoms with Gasteiger partial charge in [-0.15, -0.1) is 23.1 Å². The second-order valence-corrected chi connectivity index (χ2v) is 7.73. The third-order valence-corrected chi connectivity index (χ3v) is 5.62. The van der Waals surface area contributed by atoms with Gasteiger partial charge in [0.15, 0.2) is 5.13 Å². The summed E-state index contributed by atoms with van der Waals surface area (Å²) in [5, 5.41) is 5.22. The maximum absolute atomic E-state index is 12.9. The fraction of sp³-hybridized carbons (Fsp3) is 0.200. The summed E-state index contributed by atoms with van der Waals surface area (Å²) in [6, 6.07) is 11.7. The van der Waals surface area contributed by atoms with Crippen LogP contribution in [0.15, 0.2) is 52.7 Å². The van der Waals surface area contributed by atoms with E-state index < -0.39 is 0 Å². The molecule has 3 aromatic rings. The Morgan fingerprint density at radius 1 is 1.18 bits per heavy atom. The summed E-state index contributed by atoms with van der Waals surface area (Å²) in [6.07, 6.45) is 0.336. The molecule has 3 rings (SSSR count). The van der Waals surface area contributed by atoms with E-state index in [1.165, 1.54) is 35.2 Å². The van der Waals surface area contributed by atoms with E-state index in [-0.39, 0.29) is 11.7 Å². The Morgan fingerprint density at radius 3 is 2.68 bits per heavy atom. The van der Waals surface area contributed by atoms with E-state index in [0.29, 0.717) is 28.8 Å². The SMILES string of the molecule is COc1ccc(-c2csc(NC(=O)CCSc3ccc(F)cc3)n2)c(OC)c1. The fourth-order valence-electron chi connectivity index (χ4n) is 2.44. The molecule has 1 N–H and O–H groups in total. The minimum absolute atomic E-state index is 0.114. The van der Waals surface area contributed by atoms with E-state index in [9.17, 15) is 9.18 Å². The average Bonchev–Trinajstić information content (AvgIpc) is 3.17. The largest absolute Gasteiger partial charge is 0.497 e. The normalized spacial score (nSPS) is 10.5. The molecule has 0 aliphatic rings. The van der Waals surface area contributed by atoms with Crippen LogP contribution in [0.5, 0.6) is 11.5 Å². The van der Waals surface area contributed by atoms with E-state index >= 15 is 0 Å². The van der Waals surface area contributed by atoms with Gasteiger partial charge in [0.25, 0.3) is 0 Å². The van der Waals surface area contributed by atoms with Crippen LogP contribution in [-0.4, -0.2) is 30.9 Å². The predicted octanol–water partition coefficient (Wildman–Crippen LogP) is 5.09. The fourth-order valence-corrected chi connectivity index (χ4v) is 4.02. The molecule has 0 aliphatic carbocycles. The lowest BCUT2D eigenvalue weighted by atomic mass is 10.1. The molecule has 5 nitrogen and oxygen atoms in total. The summed E-state index contributed by atoms with van der Waals surface area (Å²) in [4.78, 5) is 17.6. The van der Waals surface area contributed by atoms with Crippen LogP contribution in [0, 0.1) is 5.82 Å². The zero-order valence-electron chi connectivity index (χ0n) is 15.4. The van der Waals surface area contributed by atoms with Crippen molar-refractivity contribution in [2.75, 3.05) is 25.3 Å². The molecule has 1 aromatic heterocycles. The first-order valence-corrected chi connectivity index (χ1v) is 10.3. The number of carbonyl (C=O) groups excluding carboxylic acids is 1. The number of methoxy groups -OCH3 is 2. The van der Waals surface area contributed by atoms with Gasteiger partial charge in [-0.25, -0.2) is 9.37 Å². The van der Waals surface area contributed by atoms with Gasteiger partial charge in [-0.05, 0) is 36.4 Å². The summed E-state index contributed by atoms with van der Waals surface area (Å²) in [5.41, 5.74) is 1.55. The number of nitrogens with zero attached hydrogens (tertiary/aromatic N) is 1. The molecule has 2 aromatic carbocycles. The molecule has 0 saturated carbocycles. The first kappa shape index (κ1) is 20.2. The van der Waals surface area contributed by atoms with Gasteiger partial charge in [-0.2, -0.15) is 0 Å². The van der Waals surface area contributed by atoms with Crippen LogP contribution in [0.4, 0.5) is 9.52 Å². The van der Waals surface area contributed by atoms with E-state index in [2.05, 4.69) is 10.3 Å². The number of ether oxygens (including phenoxy) is 2. The first-order valence-electron chi connectivity index (χ1n) is 8.45. The standard InChI is InChI=1S/C20H19FN2O3S2/c1-25-14-5-8-16(18(11-14)26-2)17-12-28-20(22-17)23-19(24)9-10-27-15-6-3-13(21)4-7-15/h3-8,11-12H,9-10H2,1-2H3,(H,22,23,24). The minimum atomic E-state index is -0.268. The molecule has 1 heterocycles. The van der Waals surface area contributed by atoms with Gasteiger partial charge in [0.2, 0.25) is 5.91 Å². The molecule has 0 fully saturated rings. The Balaban J connectivity index is 1.57. The number of carbonyl (C=O) groups is 1. The molecular weight excluding hydrogens is 399 g/mol. The molecule has 0 bridgehead atoms. The van der Waals surface area contributed by atoms with Crippen molar-refractivity contribution in [3.8, 4) is 22.8 Å². The molecule has 0 unspecified atom stereocenters. The molecule has 146 valence electrons. The van der Waals surface area contributed by atoms with Gasteiger partial charge in [-0.3, -0.25) is 4.79 Å². The Bertz CT molecular complexity index is 945. The Kier molecular flexibility index (Phi) is 6.89. The van der Waals surface area contributed by atoms with Gasteiger partial charge in [0, 0.05) is 34.1 Å². The number of thiazole rings is 1. The second-order valence-electron chi connectivity index (χ2n) is 5.70. The summed E-state index contributed by atoms with van der Waals surface area (Å²) < 4.78 is 23.5. The van der Waals surface area contributed by atoms with Crippen molar-refractivity contribution in [1.29, 1.82) is 0 Å². The van der Waals surface area contributed by atoms with Crippen molar-refractivity contribution >= 4 is 34.1 Å². The van der Waals surface area contributed by atoms with Crippen LogP contribution in [-0.2, 0) is 4.79 Å². The second kappa shape index (κ2) is 9.57. The molecule has 8 heteroatoms. The maximum Gasteiger partial charge on any atom is 0.226 e. The maximum atomic E-state index is 12.9. The molecule has 1 amide bonds. The Morgan fingerprint density at radius 2 is 1.96 bits per heavy atom. The average molecular weight is 419 g/mol. The van der Waals surface area contributed by atoms with E-state index in [1.807, 2.05) is 17.5 Å². The van der Waals surface area contributed by atoms with Crippen LogP contribution in [0.2, 0.25) is 0 Å². The number of nitrogens with one attached hydrogen (secondary N) is 1. The highest BCUT2D eigenvalue weighted by atomic mass is 32.2. The molecule has 0 radical (unpaired) electrons. The molecule has 0 spiro atoms. The van der Waals surface area contributed by atoms with Crippen LogP contribution in [0.25, 0.3) is 11.3 Å². The number of rotatable bonds is 8. The number of anilines is 1. The lowest BCUT2D eigenvalue weighted by molar-refractivity contribution is -0.115. The van der Waals surface area contributed by atoms with Gasteiger partial charge in [0.05, 0.1) is 19.9 Å². The number of amides is 1. The minimum Gasteiger partial charge on any atom is -0.497 e.